The third-order valence-corrected chi connectivity index (χ3v) is 2.61. The topological polar surface area (TPSA) is 3.24 Å². The van der Waals surface area contributed by atoms with Crippen molar-refractivity contribution in [1.29, 1.82) is 0 Å². The van der Waals surface area contributed by atoms with Crippen molar-refractivity contribution in [2.45, 2.75) is 59.5 Å². The van der Waals surface area contributed by atoms with E-state index in [1.165, 1.54) is 6.42 Å². The Balaban J connectivity index is 4.09. The van der Waals surface area contributed by atoms with E-state index in [1.807, 2.05) is 0 Å². The molecule has 0 aliphatic carbocycles. The van der Waals surface area contributed by atoms with Crippen molar-refractivity contribution in [1.82, 2.24) is 4.90 Å². The molecule has 0 amide bonds. The van der Waals surface area contributed by atoms with Gasteiger partial charge in [0.2, 0.25) is 0 Å². The number of nitrogens with zero attached hydrogens (tertiary/aromatic N) is 1. The number of rotatable bonds is 4. The van der Waals surface area contributed by atoms with Crippen molar-refractivity contribution in [3.05, 3.63) is 0 Å². The zero-order chi connectivity index (χ0) is 11.1. The largest absolute Gasteiger partial charge is 0.290 e. The van der Waals surface area contributed by atoms with Gasteiger partial charge in [-0.05, 0) is 33.2 Å². The first-order chi connectivity index (χ1) is 6.49. The Labute approximate surface area is 89.9 Å². The van der Waals surface area contributed by atoms with E-state index in [2.05, 4.69) is 58.4 Å². The van der Waals surface area contributed by atoms with Crippen LogP contribution in [0.25, 0.3) is 0 Å². The second-order valence-corrected chi connectivity index (χ2v) is 4.49. The van der Waals surface area contributed by atoms with Gasteiger partial charge < -0.3 is 0 Å². The van der Waals surface area contributed by atoms with Crippen molar-refractivity contribution in [2.75, 3.05) is 7.05 Å². The number of hydrogen-bond donors (Lipinski definition) is 0. The molecule has 2 unspecified atom stereocenters. The summed E-state index contributed by atoms with van der Waals surface area (Å²) < 4.78 is 0. The lowest BCUT2D eigenvalue weighted by Crippen LogP contribution is -2.36. The van der Waals surface area contributed by atoms with Crippen molar-refractivity contribution >= 4 is 0 Å². The molecule has 82 valence electrons. The molecule has 0 rings (SSSR count). The van der Waals surface area contributed by atoms with Gasteiger partial charge >= 0.3 is 0 Å². The zero-order valence-corrected chi connectivity index (χ0v) is 10.6. The van der Waals surface area contributed by atoms with Gasteiger partial charge in [-0.3, -0.25) is 4.90 Å². The summed E-state index contributed by atoms with van der Waals surface area (Å²) in [6.45, 7) is 11.1. The van der Waals surface area contributed by atoms with E-state index in [4.69, 9.17) is 0 Å². The summed E-state index contributed by atoms with van der Waals surface area (Å²) in [6.07, 6.45) is 2.20. The van der Waals surface area contributed by atoms with Crippen molar-refractivity contribution < 1.29 is 0 Å². The average molecular weight is 195 g/mol. The molecule has 0 aliphatic rings. The molecule has 0 heterocycles. The standard InChI is InChI=1S/C13H25N/c1-7-8-9-12(4)14(6)13(5)10-11(2)3/h11-13H,7,10H2,1-6H3. The fraction of sp³-hybridized carbons (Fsp3) is 0.846. The lowest BCUT2D eigenvalue weighted by Gasteiger charge is -2.28. The van der Waals surface area contributed by atoms with Gasteiger partial charge in [0.25, 0.3) is 0 Å². The summed E-state index contributed by atoms with van der Waals surface area (Å²) in [5.74, 6) is 7.17. The Kier molecular flexibility index (Phi) is 6.66. The highest BCUT2D eigenvalue weighted by Gasteiger charge is 2.14. The van der Waals surface area contributed by atoms with Crippen LogP contribution in [0.15, 0.2) is 0 Å². The normalized spacial score (nSPS) is 15.1. The van der Waals surface area contributed by atoms with Gasteiger partial charge in [-0.2, -0.15) is 0 Å². The summed E-state index contributed by atoms with van der Waals surface area (Å²) in [5.41, 5.74) is 0. The van der Waals surface area contributed by atoms with Crippen LogP contribution in [0, 0.1) is 17.8 Å². The van der Waals surface area contributed by atoms with E-state index in [0.717, 1.165) is 12.3 Å². The predicted octanol–water partition coefficient (Wildman–Crippen LogP) is 3.15. The molecular weight excluding hydrogens is 170 g/mol. The second kappa shape index (κ2) is 6.90. The molecule has 2 atom stereocenters. The molecule has 0 spiro atoms. The molecule has 1 nitrogen and oxygen atoms in total. The van der Waals surface area contributed by atoms with Gasteiger partial charge in [-0.1, -0.05) is 26.7 Å². The maximum atomic E-state index is 3.26. The van der Waals surface area contributed by atoms with Gasteiger partial charge in [0.05, 0.1) is 6.04 Å². The smallest absolute Gasteiger partial charge is 0.0685 e. The molecular formula is C13H25N. The van der Waals surface area contributed by atoms with Crippen LogP contribution in [-0.2, 0) is 0 Å². The van der Waals surface area contributed by atoms with Crippen molar-refractivity contribution in [3.8, 4) is 11.8 Å². The highest BCUT2D eigenvalue weighted by molar-refractivity contribution is 5.06. The average Bonchev–Trinajstić information content (AvgIpc) is 2.11. The molecule has 0 radical (unpaired) electrons. The van der Waals surface area contributed by atoms with Crippen LogP contribution in [-0.4, -0.2) is 24.0 Å². The molecule has 0 aromatic carbocycles. The Morgan fingerprint density at radius 2 is 1.71 bits per heavy atom. The lowest BCUT2D eigenvalue weighted by atomic mass is 10.0. The van der Waals surface area contributed by atoms with E-state index < -0.39 is 0 Å². The van der Waals surface area contributed by atoms with Gasteiger partial charge in [-0.15, -0.1) is 5.92 Å². The van der Waals surface area contributed by atoms with Crippen LogP contribution in [0.5, 0.6) is 0 Å². The van der Waals surface area contributed by atoms with E-state index in [-0.39, 0.29) is 0 Å². The molecule has 0 fully saturated rings. The maximum Gasteiger partial charge on any atom is 0.0685 e. The molecule has 1 heteroatoms. The van der Waals surface area contributed by atoms with Gasteiger partial charge in [-0.25, -0.2) is 0 Å². The molecule has 0 bridgehead atoms. The number of hydrogen-bond acceptors (Lipinski definition) is 1. The maximum absolute atomic E-state index is 3.26. The second-order valence-electron chi connectivity index (χ2n) is 4.49. The van der Waals surface area contributed by atoms with Crippen LogP contribution >= 0.6 is 0 Å². The zero-order valence-electron chi connectivity index (χ0n) is 10.6. The summed E-state index contributed by atoms with van der Waals surface area (Å²) in [7, 11) is 2.17. The highest BCUT2D eigenvalue weighted by atomic mass is 15.1. The van der Waals surface area contributed by atoms with Gasteiger partial charge in [0, 0.05) is 12.5 Å². The third-order valence-electron chi connectivity index (χ3n) is 2.61. The monoisotopic (exact) mass is 195 g/mol. The molecule has 0 saturated carbocycles. The van der Waals surface area contributed by atoms with Crippen LogP contribution < -0.4 is 0 Å². The SMILES string of the molecule is CCC#CC(C)N(C)C(C)CC(C)C. The Bertz CT molecular complexity index is 197. The minimum absolute atomic E-state index is 0.378. The van der Waals surface area contributed by atoms with E-state index in [9.17, 15) is 0 Å². The molecule has 0 aromatic heterocycles. The third kappa shape index (κ3) is 5.29. The molecule has 0 aliphatic heterocycles. The van der Waals surface area contributed by atoms with E-state index in [0.29, 0.717) is 12.1 Å². The summed E-state index contributed by atoms with van der Waals surface area (Å²) in [5, 5.41) is 0. The van der Waals surface area contributed by atoms with Crippen LogP contribution in [0.4, 0.5) is 0 Å². The van der Waals surface area contributed by atoms with Gasteiger partial charge in [0.15, 0.2) is 0 Å². The predicted molar refractivity (Wildman–Crippen MR) is 64.2 cm³/mol. The molecule has 0 aromatic rings. The molecule has 14 heavy (non-hydrogen) atoms. The quantitative estimate of drug-likeness (QED) is 0.623. The van der Waals surface area contributed by atoms with Crippen molar-refractivity contribution in [2.24, 2.45) is 5.92 Å². The van der Waals surface area contributed by atoms with Crippen LogP contribution in [0.3, 0.4) is 0 Å². The Hall–Kier alpha value is -0.480. The van der Waals surface area contributed by atoms with Crippen LogP contribution in [0.2, 0.25) is 0 Å². The Morgan fingerprint density at radius 3 is 2.14 bits per heavy atom. The van der Waals surface area contributed by atoms with E-state index >= 15 is 0 Å². The minimum Gasteiger partial charge on any atom is -0.290 e. The first-order valence-electron chi connectivity index (χ1n) is 5.69. The van der Waals surface area contributed by atoms with Gasteiger partial charge in [0.1, 0.15) is 0 Å². The summed E-state index contributed by atoms with van der Waals surface area (Å²) >= 11 is 0. The first kappa shape index (κ1) is 13.5. The van der Waals surface area contributed by atoms with Crippen LogP contribution in [0.1, 0.15) is 47.5 Å². The Morgan fingerprint density at radius 1 is 1.14 bits per heavy atom. The van der Waals surface area contributed by atoms with E-state index in [1.54, 1.807) is 0 Å². The molecule has 0 saturated heterocycles. The van der Waals surface area contributed by atoms with Crippen molar-refractivity contribution in [3.63, 3.8) is 0 Å². The summed E-state index contributed by atoms with van der Waals surface area (Å²) in [4.78, 5) is 2.36. The minimum atomic E-state index is 0.378. The highest BCUT2D eigenvalue weighted by Crippen LogP contribution is 2.11. The fourth-order valence-corrected chi connectivity index (χ4v) is 1.58. The lowest BCUT2D eigenvalue weighted by molar-refractivity contribution is 0.206. The fourth-order valence-electron chi connectivity index (χ4n) is 1.58. The first-order valence-corrected chi connectivity index (χ1v) is 5.69. The molecule has 0 N–H and O–H groups in total. The summed E-state index contributed by atoms with van der Waals surface area (Å²) in [6, 6.07) is 1.000.